The normalized spacial score (nSPS) is 10.7. The zero-order chi connectivity index (χ0) is 14.1. The summed E-state index contributed by atoms with van der Waals surface area (Å²) in [7, 11) is 1.71. The lowest BCUT2D eigenvalue weighted by molar-refractivity contribution is 0.0993. The molecule has 2 N–H and O–H groups in total. The van der Waals surface area contributed by atoms with E-state index in [1.165, 1.54) is 6.39 Å². The molecule has 0 saturated carbocycles. The Morgan fingerprint density at radius 1 is 1.25 bits per heavy atom. The van der Waals surface area contributed by atoms with Crippen molar-refractivity contribution < 1.29 is 9.21 Å². The number of benzene rings is 2. The van der Waals surface area contributed by atoms with Crippen LogP contribution >= 0.6 is 0 Å². The Labute approximate surface area is 115 Å². The van der Waals surface area contributed by atoms with Gasteiger partial charge in [-0.15, -0.1) is 0 Å². The lowest BCUT2D eigenvalue weighted by Crippen LogP contribution is -2.26. The summed E-state index contributed by atoms with van der Waals surface area (Å²) < 4.78 is 5.24. The molecular formula is C15H13N3O2. The Kier molecular flexibility index (Phi) is 2.87. The maximum atomic E-state index is 12.4. The van der Waals surface area contributed by atoms with Crippen molar-refractivity contribution in [1.82, 2.24) is 4.98 Å². The van der Waals surface area contributed by atoms with Crippen LogP contribution in [0.5, 0.6) is 0 Å². The molecule has 0 unspecified atom stereocenters. The number of hydrogen-bond acceptors (Lipinski definition) is 4. The number of anilines is 2. The number of nitrogen functional groups attached to an aromatic ring is 1. The average Bonchev–Trinajstić information content (AvgIpc) is 2.93. The summed E-state index contributed by atoms with van der Waals surface area (Å²) in [6.45, 7) is 0. The number of rotatable bonds is 2. The number of oxazole rings is 1. The Morgan fingerprint density at radius 3 is 2.90 bits per heavy atom. The van der Waals surface area contributed by atoms with Crippen molar-refractivity contribution in [3.05, 3.63) is 54.4 Å². The van der Waals surface area contributed by atoms with Crippen molar-refractivity contribution in [2.45, 2.75) is 0 Å². The molecule has 0 saturated heterocycles. The van der Waals surface area contributed by atoms with Gasteiger partial charge in [-0.2, -0.15) is 0 Å². The summed E-state index contributed by atoms with van der Waals surface area (Å²) in [5.74, 6) is -0.129. The van der Waals surface area contributed by atoms with E-state index in [1.54, 1.807) is 42.3 Å². The van der Waals surface area contributed by atoms with Gasteiger partial charge in [0.25, 0.3) is 5.91 Å². The lowest BCUT2D eigenvalue weighted by Gasteiger charge is -2.17. The maximum absolute atomic E-state index is 12.4. The van der Waals surface area contributed by atoms with Crippen LogP contribution in [-0.4, -0.2) is 17.9 Å². The molecule has 20 heavy (non-hydrogen) atoms. The minimum atomic E-state index is -0.129. The molecule has 5 nitrogen and oxygen atoms in total. The molecule has 0 aliphatic heterocycles. The van der Waals surface area contributed by atoms with Crippen LogP contribution in [-0.2, 0) is 0 Å². The third kappa shape index (κ3) is 2.09. The van der Waals surface area contributed by atoms with Crippen LogP contribution in [0.25, 0.3) is 11.1 Å². The van der Waals surface area contributed by atoms with Crippen LogP contribution in [0.4, 0.5) is 11.4 Å². The van der Waals surface area contributed by atoms with Crippen LogP contribution in [0, 0.1) is 0 Å². The second kappa shape index (κ2) is 4.70. The van der Waals surface area contributed by atoms with Gasteiger partial charge >= 0.3 is 0 Å². The highest BCUT2D eigenvalue weighted by Gasteiger charge is 2.14. The van der Waals surface area contributed by atoms with Crippen molar-refractivity contribution in [3.63, 3.8) is 0 Å². The van der Waals surface area contributed by atoms with Crippen molar-refractivity contribution in [2.75, 3.05) is 17.7 Å². The van der Waals surface area contributed by atoms with Crippen molar-refractivity contribution >= 4 is 28.4 Å². The van der Waals surface area contributed by atoms with Crippen LogP contribution in [0.2, 0.25) is 0 Å². The van der Waals surface area contributed by atoms with Gasteiger partial charge < -0.3 is 15.1 Å². The summed E-state index contributed by atoms with van der Waals surface area (Å²) in [6, 6.07) is 12.3. The van der Waals surface area contributed by atoms with E-state index < -0.39 is 0 Å². The molecule has 0 aliphatic carbocycles. The van der Waals surface area contributed by atoms with E-state index in [1.807, 2.05) is 12.1 Å². The Hall–Kier alpha value is -2.82. The first-order chi connectivity index (χ1) is 9.65. The minimum Gasteiger partial charge on any atom is -0.443 e. The Morgan fingerprint density at radius 2 is 2.10 bits per heavy atom. The largest absolute Gasteiger partial charge is 0.443 e. The molecule has 1 amide bonds. The van der Waals surface area contributed by atoms with Crippen LogP contribution < -0.4 is 10.6 Å². The summed E-state index contributed by atoms with van der Waals surface area (Å²) in [4.78, 5) is 18.0. The lowest BCUT2D eigenvalue weighted by atomic mass is 10.1. The molecule has 0 fully saturated rings. The number of carbonyl (C=O) groups excluding carboxylic acids is 1. The number of nitrogens with zero attached hydrogens (tertiary/aromatic N) is 2. The van der Waals surface area contributed by atoms with Crippen molar-refractivity contribution in [1.29, 1.82) is 0 Å². The van der Waals surface area contributed by atoms with E-state index in [-0.39, 0.29) is 5.91 Å². The molecule has 5 heteroatoms. The second-order valence-corrected chi connectivity index (χ2v) is 4.49. The second-order valence-electron chi connectivity index (χ2n) is 4.49. The van der Waals surface area contributed by atoms with Gasteiger partial charge in [-0.05, 0) is 30.3 Å². The molecule has 0 atom stereocenters. The molecule has 0 radical (unpaired) electrons. The van der Waals surface area contributed by atoms with E-state index >= 15 is 0 Å². The van der Waals surface area contributed by atoms with Crippen LogP contribution in [0.15, 0.2) is 53.3 Å². The highest BCUT2D eigenvalue weighted by atomic mass is 16.3. The van der Waals surface area contributed by atoms with Crippen LogP contribution in [0.1, 0.15) is 10.4 Å². The van der Waals surface area contributed by atoms with E-state index in [2.05, 4.69) is 4.98 Å². The molecule has 0 aliphatic rings. The standard InChI is InChI=1S/C15H13N3O2/c1-18(15(19)10-3-2-4-11(16)7-10)12-5-6-13-14(8-12)20-9-17-13/h2-9H,16H2,1H3. The Balaban J connectivity index is 1.94. The molecule has 1 aromatic heterocycles. The predicted octanol–water partition coefficient (Wildman–Crippen LogP) is 2.69. The number of aromatic nitrogens is 1. The smallest absolute Gasteiger partial charge is 0.258 e. The molecule has 0 spiro atoms. The van der Waals surface area contributed by atoms with Gasteiger partial charge in [0.2, 0.25) is 0 Å². The van der Waals surface area contributed by atoms with Gasteiger partial charge in [-0.25, -0.2) is 4.98 Å². The SMILES string of the molecule is CN(C(=O)c1cccc(N)c1)c1ccc2ncoc2c1. The summed E-state index contributed by atoms with van der Waals surface area (Å²) in [5.41, 5.74) is 8.96. The zero-order valence-corrected chi connectivity index (χ0v) is 10.9. The predicted molar refractivity (Wildman–Crippen MR) is 77.6 cm³/mol. The topological polar surface area (TPSA) is 72.4 Å². The van der Waals surface area contributed by atoms with Crippen molar-refractivity contribution in [3.8, 4) is 0 Å². The summed E-state index contributed by atoms with van der Waals surface area (Å²) in [5, 5.41) is 0. The Bertz CT molecular complexity index is 779. The summed E-state index contributed by atoms with van der Waals surface area (Å²) >= 11 is 0. The monoisotopic (exact) mass is 267 g/mol. The van der Waals surface area contributed by atoms with Gasteiger partial charge in [0.15, 0.2) is 12.0 Å². The molecule has 2 aromatic carbocycles. The van der Waals surface area contributed by atoms with E-state index in [9.17, 15) is 4.79 Å². The van der Waals surface area contributed by atoms with Gasteiger partial charge in [-0.3, -0.25) is 4.79 Å². The highest BCUT2D eigenvalue weighted by molar-refractivity contribution is 6.06. The number of carbonyl (C=O) groups is 1. The van der Waals surface area contributed by atoms with E-state index in [4.69, 9.17) is 10.2 Å². The van der Waals surface area contributed by atoms with E-state index in [0.717, 1.165) is 11.2 Å². The molecule has 3 aromatic rings. The third-order valence-electron chi connectivity index (χ3n) is 3.14. The molecule has 0 bridgehead atoms. The van der Waals surface area contributed by atoms with Gasteiger partial charge in [0.05, 0.1) is 0 Å². The zero-order valence-electron chi connectivity index (χ0n) is 10.9. The third-order valence-corrected chi connectivity index (χ3v) is 3.14. The maximum Gasteiger partial charge on any atom is 0.258 e. The van der Waals surface area contributed by atoms with Gasteiger partial charge in [-0.1, -0.05) is 6.07 Å². The number of amides is 1. The first-order valence-corrected chi connectivity index (χ1v) is 6.12. The molecular weight excluding hydrogens is 254 g/mol. The quantitative estimate of drug-likeness (QED) is 0.724. The van der Waals surface area contributed by atoms with Crippen LogP contribution in [0.3, 0.4) is 0 Å². The average molecular weight is 267 g/mol. The molecule has 1 heterocycles. The summed E-state index contributed by atoms with van der Waals surface area (Å²) in [6.07, 6.45) is 1.38. The number of fused-ring (bicyclic) bond motifs is 1. The van der Waals surface area contributed by atoms with Gasteiger partial charge in [0.1, 0.15) is 5.52 Å². The number of hydrogen-bond donors (Lipinski definition) is 1. The fourth-order valence-corrected chi connectivity index (χ4v) is 2.04. The molecule has 100 valence electrons. The molecule has 3 rings (SSSR count). The fourth-order valence-electron chi connectivity index (χ4n) is 2.04. The minimum absolute atomic E-state index is 0.129. The fraction of sp³-hybridized carbons (Fsp3) is 0.0667. The highest BCUT2D eigenvalue weighted by Crippen LogP contribution is 2.22. The number of nitrogens with two attached hydrogens (primary N) is 1. The van der Waals surface area contributed by atoms with Crippen molar-refractivity contribution in [2.24, 2.45) is 0 Å². The van der Waals surface area contributed by atoms with E-state index in [0.29, 0.717) is 16.8 Å². The van der Waals surface area contributed by atoms with Gasteiger partial charge in [0, 0.05) is 30.1 Å². The first kappa shape index (κ1) is 12.2. The first-order valence-electron chi connectivity index (χ1n) is 6.12.